The van der Waals surface area contributed by atoms with Gasteiger partial charge >= 0.3 is 0 Å². The smallest absolute Gasteiger partial charge is 0.275 e. The normalized spacial score (nSPS) is 14.5. The number of aromatic nitrogens is 2. The van der Waals surface area contributed by atoms with Gasteiger partial charge in [0, 0.05) is 32.0 Å². The van der Waals surface area contributed by atoms with Crippen molar-refractivity contribution in [3.63, 3.8) is 0 Å². The molecule has 9 heteroatoms. The van der Waals surface area contributed by atoms with E-state index >= 15 is 0 Å². The van der Waals surface area contributed by atoms with Gasteiger partial charge in [-0.25, -0.2) is 9.37 Å². The maximum Gasteiger partial charge on any atom is 0.275 e. The Balaban J connectivity index is 1.40. The second-order valence-electron chi connectivity index (χ2n) is 8.53. The maximum absolute atomic E-state index is 13.5. The van der Waals surface area contributed by atoms with Crippen molar-refractivity contribution < 1.29 is 9.18 Å². The number of halogens is 1. The van der Waals surface area contributed by atoms with Gasteiger partial charge in [0.1, 0.15) is 11.5 Å². The van der Waals surface area contributed by atoms with Gasteiger partial charge in [0.05, 0.1) is 27.0 Å². The van der Waals surface area contributed by atoms with Gasteiger partial charge in [-0.3, -0.25) is 9.59 Å². The second kappa shape index (κ2) is 8.90. The lowest BCUT2D eigenvalue weighted by molar-refractivity contribution is 0.0713. The second-order valence-corrected chi connectivity index (χ2v) is 9.41. The number of nitrogens with two attached hydrogens (primary N) is 1. The van der Waals surface area contributed by atoms with Crippen LogP contribution in [0.15, 0.2) is 59.0 Å². The summed E-state index contributed by atoms with van der Waals surface area (Å²) in [7, 11) is 1.59. The third-order valence-electron chi connectivity index (χ3n) is 6.37. The van der Waals surface area contributed by atoms with Crippen LogP contribution in [0.3, 0.4) is 0 Å². The number of thiazole rings is 1. The minimum Gasteiger partial charge on any atom is -0.393 e. The summed E-state index contributed by atoms with van der Waals surface area (Å²) in [6.45, 7) is 1.13. The minimum absolute atomic E-state index is 0.000973. The van der Waals surface area contributed by atoms with Crippen molar-refractivity contribution in [2.45, 2.75) is 18.8 Å². The van der Waals surface area contributed by atoms with Gasteiger partial charge < -0.3 is 20.5 Å². The number of anilines is 3. The van der Waals surface area contributed by atoms with Crippen molar-refractivity contribution in [1.29, 1.82) is 0 Å². The Labute approximate surface area is 199 Å². The number of pyridine rings is 1. The van der Waals surface area contributed by atoms with Crippen LogP contribution >= 0.6 is 11.3 Å². The van der Waals surface area contributed by atoms with E-state index in [-0.39, 0.29) is 28.9 Å². The Hall–Kier alpha value is -3.72. The monoisotopic (exact) mass is 477 g/mol. The van der Waals surface area contributed by atoms with Gasteiger partial charge in [0.2, 0.25) is 0 Å². The van der Waals surface area contributed by atoms with E-state index in [1.165, 1.54) is 28.0 Å². The van der Waals surface area contributed by atoms with Gasteiger partial charge in [0.25, 0.3) is 11.5 Å². The summed E-state index contributed by atoms with van der Waals surface area (Å²) >= 11 is 1.51. The molecule has 0 bridgehead atoms. The molecule has 1 aliphatic heterocycles. The van der Waals surface area contributed by atoms with E-state index in [0.29, 0.717) is 24.3 Å². The fourth-order valence-electron chi connectivity index (χ4n) is 4.45. The van der Waals surface area contributed by atoms with E-state index < -0.39 is 0 Å². The zero-order chi connectivity index (χ0) is 23.8. The Kier molecular flexibility index (Phi) is 5.79. The first-order chi connectivity index (χ1) is 16.4. The number of amides is 1. The third-order valence-corrected chi connectivity index (χ3v) is 7.16. The number of hydrogen-bond acceptors (Lipinski definition) is 6. The number of aryl methyl sites for hydroxylation is 1. The standard InChI is InChI=1S/C25H24FN5O2S/c1-30-13-19(24(32)31-10-8-16(9-11-31)15-2-4-17(26)5-3-15)23(22(27)25(30)33)29-18-6-7-20-21(12-18)34-14-28-20/h2-7,12-14,16,29H,8-11,27H2,1H3. The lowest BCUT2D eigenvalue weighted by Gasteiger charge is -2.33. The molecule has 0 saturated carbocycles. The highest BCUT2D eigenvalue weighted by Crippen LogP contribution is 2.32. The van der Waals surface area contributed by atoms with Crippen LogP contribution in [0.2, 0.25) is 0 Å². The van der Waals surface area contributed by atoms with Crippen LogP contribution in [-0.2, 0) is 7.05 Å². The lowest BCUT2D eigenvalue weighted by Crippen LogP contribution is -2.39. The molecule has 5 rings (SSSR count). The molecule has 0 aliphatic carbocycles. The molecule has 0 unspecified atom stereocenters. The molecule has 1 fully saturated rings. The summed E-state index contributed by atoms with van der Waals surface area (Å²) in [6, 6.07) is 12.2. The van der Waals surface area contributed by atoms with E-state index in [9.17, 15) is 14.0 Å². The fraction of sp³-hybridized carbons (Fsp3) is 0.240. The van der Waals surface area contributed by atoms with Crippen molar-refractivity contribution in [2.24, 2.45) is 7.05 Å². The molecule has 3 N–H and O–H groups in total. The number of likely N-dealkylation sites (tertiary alicyclic amines) is 1. The Morgan fingerprint density at radius 1 is 1.18 bits per heavy atom. The van der Waals surface area contributed by atoms with E-state index in [1.54, 1.807) is 23.7 Å². The van der Waals surface area contributed by atoms with Crippen LogP contribution in [0.5, 0.6) is 0 Å². The molecule has 2 aromatic carbocycles. The SMILES string of the molecule is Cn1cc(C(=O)N2CCC(c3ccc(F)cc3)CC2)c(Nc2ccc3ncsc3c2)c(N)c1=O. The first kappa shape index (κ1) is 22.1. The minimum atomic E-state index is -0.368. The maximum atomic E-state index is 13.5. The summed E-state index contributed by atoms with van der Waals surface area (Å²) in [4.78, 5) is 32.2. The number of piperidine rings is 1. The molecule has 1 amide bonds. The van der Waals surface area contributed by atoms with Crippen molar-refractivity contribution in [1.82, 2.24) is 14.5 Å². The molecular weight excluding hydrogens is 453 g/mol. The number of carbonyl (C=O) groups excluding carboxylic acids is 1. The van der Waals surface area contributed by atoms with E-state index in [0.717, 1.165) is 34.3 Å². The van der Waals surface area contributed by atoms with Crippen LogP contribution in [0.25, 0.3) is 10.2 Å². The summed E-state index contributed by atoms with van der Waals surface area (Å²) in [6.07, 6.45) is 3.10. The zero-order valence-electron chi connectivity index (χ0n) is 18.6. The molecule has 0 atom stereocenters. The van der Waals surface area contributed by atoms with E-state index in [4.69, 9.17) is 5.73 Å². The molecule has 1 saturated heterocycles. The number of carbonyl (C=O) groups is 1. The van der Waals surface area contributed by atoms with Gasteiger partial charge in [0.15, 0.2) is 0 Å². The summed E-state index contributed by atoms with van der Waals surface area (Å²) in [5.74, 6) is -0.155. The highest BCUT2D eigenvalue weighted by atomic mass is 32.1. The highest BCUT2D eigenvalue weighted by Gasteiger charge is 2.28. The molecule has 7 nitrogen and oxygen atoms in total. The van der Waals surface area contributed by atoms with Crippen LogP contribution in [0.1, 0.15) is 34.7 Å². The Bertz CT molecular complexity index is 1420. The molecule has 0 radical (unpaired) electrons. The van der Waals surface area contributed by atoms with Crippen LogP contribution < -0.4 is 16.6 Å². The molecular formula is C25H24FN5O2S. The average molecular weight is 478 g/mol. The van der Waals surface area contributed by atoms with Crippen LogP contribution in [0.4, 0.5) is 21.5 Å². The number of fused-ring (bicyclic) bond motifs is 1. The molecule has 34 heavy (non-hydrogen) atoms. The van der Waals surface area contributed by atoms with Crippen molar-refractivity contribution >= 4 is 44.5 Å². The predicted octanol–water partition coefficient (Wildman–Crippen LogP) is 4.48. The average Bonchev–Trinajstić information content (AvgIpc) is 3.32. The number of nitrogens with zero attached hydrogens (tertiary/aromatic N) is 3. The molecule has 3 heterocycles. The Morgan fingerprint density at radius 2 is 1.91 bits per heavy atom. The van der Waals surface area contributed by atoms with Gasteiger partial charge in [-0.2, -0.15) is 0 Å². The van der Waals surface area contributed by atoms with Crippen molar-refractivity contribution in [3.8, 4) is 0 Å². The third kappa shape index (κ3) is 4.14. The first-order valence-electron chi connectivity index (χ1n) is 11.0. The summed E-state index contributed by atoms with van der Waals surface area (Å²) in [5, 5.41) is 3.21. The van der Waals surface area contributed by atoms with Crippen LogP contribution in [0, 0.1) is 5.82 Å². The van der Waals surface area contributed by atoms with Crippen molar-refractivity contribution in [2.75, 3.05) is 24.1 Å². The van der Waals surface area contributed by atoms with Crippen molar-refractivity contribution in [3.05, 3.63) is 81.5 Å². The van der Waals surface area contributed by atoms with Gasteiger partial charge in [-0.15, -0.1) is 11.3 Å². The number of benzene rings is 2. The molecule has 1 aliphatic rings. The van der Waals surface area contributed by atoms with Gasteiger partial charge in [-0.05, 0) is 54.7 Å². The van der Waals surface area contributed by atoms with Gasteiger partial charge in [-0.1, -0.05) is 12.1 Å². The number of hydrogen-bond donors (Lipinski definition) is 2. The summed E-state index contributed by atoms with van der Waals surface area (Å²) in [5.41, 5.74) is 11.0. The molecule has 4 aromatic rings. The number of nitrogen functional groups attached to an aromatic ring is 1. The zero-order valence-corrected chi connectivity index (χ0v) is 19.4. The summed E-state index contributed by atoms with van der Waals surface area (Å²) < 4.78 is 15.6. The molecule has 0 spiro atoms. The number of rotatable bonds is 4. The predicted molar refractivity (Wildman–Crippen MR) is 133 cm³/mol. The first-order valence-corrected chi connectivity index (χ1v) is 11.9. The quantitative estimate of drug-likeness (QED) is 0.452. The van der Waals surface area contributed by atoms with E-state index in [2.05, 4.69) is 10.3 Å². The largest absolute Gasteiger partial charge is 0.393 e. The Morgan fingerprint density at radius 3 is 2.65 bits per heavy atom. The highest BCUT2D eigenvalue weighted by molar-refractivity contribution is 7.16. The van der Waals surface area contributed by atoms with Crippen LogP contribution in [-0.4, -0.2) is 33.4 Å². The molecule has 2 aromatic heterocycles. The number of nitrogens with one attached hydrogen (secondary N) is 1. The fourth-order valence-corrected chi connectivity index (χ4v) is 5.17. The lowest BCUT2D eigenvalue weighted by atomic mass is 9.89. The topological polar surface area (TPSA) is 93.2 Å². The molecule has 174 valence electrons. The van der Waals surface area contributed by atoms with E-state index in [1.807, 2.05) is 30.3 Å².